The van der Waals surface area contributed by atoms with Crippen molar-refractivity contribution in [2.75, 3.05) is 4.72 Å². The number of benzene rings is 1. The van der Waals surface area contributed by atoms with Crippen LogP contribution < -0.4 is 4.72 Å². The zero-order chi connectivity index (χ0) is 16.7. The van der Waals surface area contributed by atoms with E-state index in [2.05, 4.69) is 19.7 Å². The minimum atomic E-state index is -3.71. The van der Waals surface area contributed by atoms with E-state index in [-0.39, 0.29) is 10.3 Å². The highest BCUT2D eigenvalue weighted by atomic mass is 32.2. The van der Waals surface area contributed by atoms with Crippen LogP contribution in [0.3, 0.4) is 0 Å². The van der Waals surface area contributed by atoms with Crippen LogP contribution >= 0.6 is 0 Å². The van der Waals surface area contributed by atoms with Gasteiger partial charge in [0.15, 0.2) is 0 Å². The van der Waals surface area contributed by atoms with Gasteiger partial charge in [-0.05, 0) is 24.3 Å². The molecule has 0 saturated heterocycles. The Bertz CT molecular complexity index is 938. The third kappa shape index (κ3) is 3.05. The van der Waals surface area contributed by atoms with Crippen LogP contribution in [0.25, 0.3) is 11.0 Å². The molecule has 0 radical (unpaired) electrons. The van der Waals surface area contributed by atoms with Crippen molar-refractivity contribution in [2.24, 2.45) is 0 Å². The number of nitrogens with zero attached hydrogens (tertiary/aromatic N) is 2. The van der Waals surface area contributed by atoms with Gasteiger partial charge in [0.2, 0.25) is 0 Å². The summed E-state index contributed by atoms with van der Waals surface area (Å²) in [5, 5.41) is 0. The molecule has 1 aromatic carbocycles. The Kier molecular flexibility index (Phi) is 3.60. The van der Waals surface area contributed by atoms with Crippen LogP contribution in [0.5, 0.6) is 0 Å². The third-order valence-corrected chi connectivity index (χ3v) is 4.86. The van der Waals surface area contributed by atoms with E-state index >= 15 is 0 Å². The number of rotatable bonds is 3. The third-order valence-electron chi connectivity index (χ3n) is 3.51. The molecule has 0 atom stereocenters. The number of hydrogen-bond acceptors (Lipinski definition) is 4. The Balaban J connectivity index is 1.94. The Labute approximate surface area is 135 Å². The van der Waals surface area contributed by atoms with E-state index < -0.39 is 10.0 Å². The zero-order valence-corrected chi connectivity index (χ0v) is 14.0. The molecule has 23 heavy (non-hydrogen) atoms. The molecule has 0 spiro atoms. The number of aromatic amines is 1. The molecule has 0 amide bonds. The standard InChI is InChI=1S/C16H18N4O2S/c1-16(2,3)14-8-7-11(9-17-14)23(21,22)20-13-6-4-5-12-15(13)19-10-18-12/h4-10,20H,1-3H3,(H,18,19). The first kappa shape index (κ1) is 15.5. The Morgan fingerprint density at radius 1 is 1.09 bits per heavy atom. The number of anilines is 1. The van der Waals surface area contributed by atoms with E-state index in [0.717, 1.165) is 11.2 Å². The number of aromatic nitrogens is 3. The smallest absolute Gasteiger partial charge is 0.263 e. The fourth-order valence-electron chi connectivity index (χ4n) is 2.23. The van der Waals surface area contributed by atoms with Gasteiger partial charge in [0, 0.05) is 17.3 Å². The van der Waals surface area contributed by atoms with Crippen LogP contribution in [-0.4, -0.2) is 23.4 Å². The lowest BCUT2D eigenvalue weighted by Gasteiger charge is -2.17. The van der Waals surface area contributed by atoms with E-state index in [4.69, 9.17) is 0 Å². The number of imidazole rings is 1. The van der Waals surface area contributed by atoms with Gasteiger partial charge in [-0.3, -0.25) is 9.71 Å². The lowest BCUT2D eigenvalue weighted by molar-refractivity contribution is 0.566. The topological polar surface area (TPSA) is 87.7 Å². The summed E-state index contributed by atoms with van der Waals surface area (Å²) in [6.07, 6.45) is 2.91. The SMILES string of the molecule is CC(C)(C)c1ccc(S(=O)(=O)Nc2cccc3[nH]cnc23)cn1. The molecule has 3 aromatic rings. The van der Waals surface area contributed by atoms with Gasteiger partial charge in [-0.1, -0.05) is 26.8 Å². The summed E-state index contributed by atoms with van der Waals surface area (Å²) in [7, 11) is -3.71. The van der Waals surface area contributed by atoms with Gasteiger partial charge >= 0.3 is 0 Å². The summed E-state index contributed by atoms with van der Waals surface area (Å²) in [5.41, 5.74) is 2.49. The second-order valence-electron chi connectivity index (χ2n) is 6.34. The molecule has 0 saturated carbocycles. The summed E-state index contributed by atoms with van der Waals surface area (Å²) < 4.78 is 27.6. The molecule has 0 fully saturated rings. The number of para-hydroxylation sites is 1. The van der Waals surface area contributed by atoms with Gasteiger partial charge in [0.1, 0.15) is 10.4 Å². The van der Waals surface area contributed by atoms with Crippen LogP contribution in [-0.2, 0) is 15.4 Å². The molecule has 2 aromatic heterocycles. The molecular weight excluding hydrogens is 312 g/mol. The number of nitrogens with one attached hydrogen (secondary N) is 2. The van der Waals surface area contributed by atoms with Crippen molar-refractivity contribution in [3.05, 3.63) is 48.5 Å². The van der Waals surface area contributed by atoms with E-state index in [0.29, 0.717) is 11.2 Å². The van der Waals surface area contributed by atoms with Crippen LogP contribution in [0, 0.1) is 0 Å². The van der Waals surface area contributed by atoms with E-state index in [1.165, 1.54) is 12.5 Å². The van der Waals surface area contributed by atoms with Crippen molar-refractivity contribution in [1.29, 1.82) is 0 Å². The van der Waals surface area contributed by atoms with Gasteiger partial charge in [-0.25, -0.2) is 13.4 Å². The first-order valence-corrected chi connectivity index (χ1v) is 8.67. The highest BCUT2D eigenvalue weighted by Gasteiger charge is 2.19. The van der Waals surface area contributed by atoms with Crippen molar-refractivity contribution < 1.29 is 8.42 Å². The lowest BCUT2D eigenvalue weighted by Crippen LogP contribution is -2.16. The minimum absolute atomic E-state index is 0.123. The minimum Gasteiger partial charge on any atom is -0.345 e. The molecule has 2 N–H and O–H groups in total. The molecule has 0 bridgehead atoms. The predicted octanol–water partition coefficient (Wildman–Crippen LogP) is 3.06. The summed E-state index contributed by atoms with van der Waals surface area (Å²) in [5.74, 6) is 0. The molecule has 120 valence electrons. The number of H-pyrrole nitrogens is 1. The van der Waals surface area contributed by atoms with Crippen molar-refractivity contribution >= 4 is 26.7 Å². The fourth-order valence-corrected chi connectivity index (χ4v) is 3.25. The maximum absolute atomic E-state index is 12.5. The average Bonchev–Trinajstić information content (AvgIpc) is 2.96. The van der Waals surface area contributed by atoms with Crippen LogP contribution in [0.1, 0.15) is 26.5 Å². The van der Waals surface area contributed by atoms with E-state index in [9.17, 15) is 8.42 Å². The van der Waals surface area contributed by atoms with Crippen LogP contribution in [0.2, 0.25) is 0 Å². The highest BCUT2D eigenvalue weighted by Crippen LogP contribution is 2.24. The normalized spacial score (nSPS) is 12.5. The van der Waals surface area contributed by atoms with E-state index in [1.807, 2.05) is 26.8 Å². The lowest BCUT2D eigenvalue weighted by atomic mass is 9.92. The predicted molar refractivity (Wildman–Crippen MR) is 89.8 cm³/mol. The first-order valence-electron chi connectivity index (χ1n) is 7.19. The highest BCUT2D eigenvalue weighted by molar-refractivity contribution is 7.92. The second kappa shape index (κ2) is 5.34. The quantitative estimate of drug-likeness (QED) is 0.772. The number of pyridine rings is 1. The summed E-state index contributed by atoms with van der Waals surface area (Å²) in [6, 6.07) is 8.58. The summed E-state index contributed by atoms with van der Waals surface area (Å²) >= 11 is 0. The monoisotopic (exact) mass is 330 g/mol. The molecule has 0 unspecified atom stereocenters. The fraction of sp³-hybridized carbons (Fsp3) is 0.250. The van der Waals surface area contributed by atoms with Crippen LogP contribution in [0.4, 0.5) is 5.69 Å². The molecule has 2 heterocycles. The number of hydrogen-bond donors (Lipinski definition) is 2. The van der Waals surface area contributed by atoms with E-state index in [1.54, 1.807) is 24.3 Å². The molecule has 0 aliphatic heterocycles. The average molecular weight is 330 g/mol. The van der Waals surface area contributed by atoms with Crippen LogP contribution in [0.15, 0.2) is 47.8 Å². The maximum atomic E-state index is 12.5. The largest absolute Gasteiger partial charge is 0.345 e. The first-order chi connectivity index (χ1) is 10.8. The molecular formula is C16H18N4O2S. The molecule has 6 nitrogen and oxygen atoms in total. The van der Waals surface area contributed by atoms with Gasteiger partial charge in [0.25, 0.3) is 10.0 Å². The number of fused-ring (bicyclic) bond motifs is 1. The number of sulfonamides is 1. The van der Waals surface area contributed by atoms with Crippen molar-refractivity contribution in [1.82, 2.24) is 15.0 Å². The van der Waals surface area contributed by atoms with Crippen molar-refractivity contribution in [2.45, 2.75) is 31.1 Å². The van der Waals surface area contributed by atoms with Gasteiger partial charge in [-0.2, -0.15) is 0 Å². The second-order valence-corrected chi connectivity index (χ2v) is 8.02. The molecule has 0 aliphatic carbocycles. The molecule has 3 rings (SSSR count). The van der Waals surface area contributed by atoms with Gasteiger partial charge < -0.3 is 4.98 Å². The maximum Gasteiger partial charge on any atom is 0.263 e. The summed E-state index contributed by atoms with van der Waals surface area (Å²) in [6.45, 7) is 6.08. The summed E-state index contributed by atoms with van der Waals surface area (Å²) in [4.78, 5) is 11.5. The Hall–Kier alpha value is -2.41. The van der Waals surface area contributed by atoms with Crippen molar-refractivity contribution in [3.8, 4) is 0 Å². The van der Waals surface area contributed by atoms with Gasteiger partial charge in [0.05, 0.1) is 17.5 Å². The Morgan fingerprint density at radius 3 is 2.52 bits per heavy atom. The molecule has 0 aliphatic rings. The Morgan fingerprint density at radius 2 is 1.87 bits per heavy atom. The van der Waals surface area contributed by atoms with Gasteiger partial charge in [-0.15, -0.1) is 0 Å². The molecule has 7 heteroatoms. The van der Waals surface area contributed by atoms with Crippen molar-refractivity contribution in [3.63, 3.8) is 0 Å². The zero-order valence-electron chi connectivity index (χ0n) is 13.2.